The van der Waals surface area contributed by atoms with Crippen LogP contribution < -0.4 is 10.6 Å². The SMILES string of the molecule is C/C=c1/ccc(-c2c3ccccc3c(C)c3ccccc23)n/c1=C/C. The van der Waals surface area contributed by atoms with Crippen LogP contribution in [0.3, 0.4) is 0 Å². The highest BCUT2D eigenvalue weighted by Crippen LogP contribution is 2.37. The zero-order valence-electron chi connectivity index (χ0n) is 14.9. The lowest BCUT2D eigenvalue weighted by atomic mass is 9.91. The van der Waals surface area contributed by atoms with Gasteiger partial charge in [-0.3, -0.25) is 0 Å². The number of aryl methyl sites for hydroxylation is 1. The largest absolute Gasteiger partial charge is 0.248 e. The first-order valence-electron chi connectivity index (χ1n) is 8.74. The molecule has 0 aliphatic rings. The van der Waals surface area contributed by atoms with Crippen LogP contribution in [-0.2, 0) is 0 Å². The fourth-order valence-corrected chi connectivity index (χ4v) is 3.72. The maximum absolute atomic E-state index is 4.98. The maximum atomic E-state index is 4.98. The highest BCUT2D eigenvalue weighted by molar-refractivity contribution is 6.14. The molecule has 0 unspecified atom stereocenters. The van der Waals surface area contributed by atoms with Gasteiger partial charge in [-0.25, -0.2) is 4.98 Å². The number of aromatic nitrogens is 1. The number of benzene rings is 3. The van der Waals surface area contributed by atoms with E-state index in [1.807, 2.05) is 6.92 Å². The fraction of sp³-hybridized carbons (Fsp3) is 0.125. The first-order valence-corrected chi connectivity index (χ1v) is 8.74. The van der Waals surface area contributed by atoms with Gasteiger partial charge in [0.15, 0.2) is 0 Å². The van der Waals surface area contributed by atoms with E-state index in [-0.39, 0.29) is 0 Å². The quantitative estimate of drug-likeness (QED) is 0.451. The van der Waals surface area contributed by atoms with E-state index in [0.717, 1.165) is 11.0 Å². The van der Waals surface area contributed by atoms with E-state index >= 15 is 0 Å². The minimum Gasteiger partial charge on any atom is -0.248 e. The molecule has 4 rings (SSSR count). The van der Waals surface area contributed by atoms with Crippen molar-refractivity contribution in [2.45, 2.75) is 20.8 Å². The van der Waals surface area contributed by atoms with Crippen molar-refractivity contribution in [2.24, 2.45) is 0 Å². The normalized spacial score (nSPS) is 13.1. The standard InChI is InChI=1S/C24H21N/c1-4-17-14-15-23(25-22(17)5-2)24-20-12-8-6-10-18(20)16(3)19-11-7-9-13-21(19)24/h4-15H,1-3H3/b17-4-,22-5+. The molecule has 0 saturated heterocycles. The van der Waals surface area contributed by atoms with Gasteiger partial charge in [0.1, 0.15) is 0 Å². The molecule has 0 radical (unpaired) electrons. The third-order valence-corrected chi connectivity index (χ3v) is 5.00. The lowest BCUT2D eigenvalue weighted by molar-refractivity contribution is 1.22. The number of hydrogen-bond acceptors (Lipinski definition) is 1. The molecular weight excluding hydrogens is 302 g/mol. The van der Waals surface area contributed by atoms with Crippen LogP contribution in [0.25, 0.3) is 45.0 Å². The molecule has 0 fully saturated rings. The molecule has 1 heteroatoms. The predicted molar refractivity (Wildman–Crippen MR) is 109 cm³/mol. The number of nitrogens with zero attached hydrogens (tertiary/aromatic N) is 1. The highest BCUT2D eigenvalue weighted by atomic mass is 14.7. The Labute approximate surface area is 148 Å². The molecule has 3 aromatic carbocycles. The Morgan fingerprint density at radius 1 is 0.680 bits per heavy atom. The van der Waals surface area contributed by atoms with Crippen LogP contribution in [-0.4, -0.2) is 4.98 Å². The summed E-state index contributed by atoms with van der Waals surface area (Å²) in [6.07, 6.45) is 4.19. The average Bonchev–Trinajstić information content (AvgIpc) is 2.68. The van der Waals surface area contributed by atoms with Crippen LogP contribution in [0.5, 0.6) is 0 Å². The Morgan fingerprint density at radius 3 is 1.76 bits per heavy atom. The van der Waals surface area contributed by atoms with Crippen LogP contribution in [0.1, 0.15) is 19.4 Å². The molecule has 0 aliphatic carbocycles. The monoisotopic (exact) mass is 323 g/mol. The predicted octanol–water partition coefficient (Wildman–Crippen LogP) is 4.96. The fourth-order valence-electron chi connectivity index (χ4n) is 3.72. The maximum Gasteiger partial charge on any atom is 0.0722 e. The molecule has 0 aliphatic heterocycles. The zero-order chi connectivity index (χ0) is 17.4. The van der Waals surface area contributed by atoms with Crippen molar-refractivity contribution in [1.82, 2.24) is 4.98 Å². The minimum absolute atomic E-state index is 1.03. The Bertz CT molecular complexity index is 1160. The smallest absolute Gasteiger partial charge is 0.0722 e. The minimum atomic E-state index is 1.03. The van der Waals surface area contributed by atoms with Gasteiger partial charge in [-0.1, -0.05) is 66.7 Å². The summed E-state index contributed by atoms with van der Waals surface area (Å²) in [6, 6.07) is 21.6. The molecule has 1 nitrogen and oxygen atoms in total. The van der Waals surface area contributed by atoms with E-state index in [9.17, 15) is 0 Å². The molecule has 25 heavy (non-hydrogen) atoms. The second-order valence-corrected chi connectivity index (χ2v) is 6.34. The van der Waals surface area contributed by atoms with E-state index in [4.69, 9.17) is 4.98 Å². The molecule has 0 bridgehead atoms. The molecule has 122 valence electrons. The Hall–Kier alpha value is -2.93. The van der Waals surface area contributed by atoms with E-state index in [0.29, 0.717) is 0 Å². The molecule has 0 atom stereocenters. The summed E-state index contributed by atoms with van der Waals surface area (Å²) < 4.78 is 0. The first-order chi connectivity index (χ1) is 12.2. The molecule has 0 N–H and O–H groups in total. The molecule has 0 spiro atoms. The Kier molecular flexibility index (Phi) is 3.85. The van der Waals surface area contributed by atoms with Crippen molar-refractivity contribution in [3.8, 4) is 11.3 Å². The van der Waals surface area contributed by atoms with Crippen LogP contribution in [0.15, 0.2) is 60.7 Å². The van der Waals surface area contributed by atoms with Crippen molar-refractivity contribution in [1.29, 1.82) is 0 Å². The van der Waals surface area contributed by atoms with Gasteiger partial charge in [-0.2, -0.15) is 0 Å². The molecule has 0 saturated carbocycles. The van der Waals surface area contributed by atoms with Crippen LogP contribution >= 0.6 is 0 Å². The highest BCUT2D eigenvalue weighted by Gasteiger charge is 2.13. The van der Waals surface area contributed by atoms with E-state index in [1.54, 1.807) is 0 Å². The van der Waals surface area contributed by atoms with Gasteiger partial charge in [0.05, 0.1) is 11.0 Å². The molecule has 1 heterocycles. The van der Waals surface area contributed by atoms with E-state index < -0.39 is 0 Å². The van der Waals surface area contributed by atoms with E-state index in [2.05, 4.69) is 86.7 Å². The molecular formula is C24H21N. The van der Waals surface area contributed by atoms with Gasteiger partial charge in [0.2, 0.25) is 0 Å². The molecule has 0 amide bonds. The molecule has 4 aromatic rings. The third kappa shape index (κ3) is 2.44. The van der Waals surface area contributed by atoms with Gasteiger partial charge >= 0.3 is 0 Å². The number of fused-ring (bicyclic) bond motifs is 2. The summed E-state index contributed by atoms with van der Waals surface area (Å²) in [5.74, 6) is 0. The second kappa shape index (κ2) is 6.18. The second-order valence-electron chi connectivity index (χ2n) is 6.34. The topological polar surface area (TPSA) is 12.9 Å². The Balaban J connectivity index is 2.23. The van der Waals surface area contributed by atoms with Crippen LogP contribution in [0.2, 0.25) is 0 Å². The summed E-state index contributed by atoms with van der Waals surface area (Å²) in [6.45, 7) is 6.31. The summed E-state index contributed by atoms with van der Waals surface area (Å²) >= 11 is 0. The lowest BCUT2D eigenvalue weighted by Crippen LogP contribution is -2.27. The van der Waals surface area contributed by atoms with Gasteiger partial charge in [0, 0.05) is 5.56 Å². The van der Waals surface area contributed by atoms with Gasteiger partial charge in [-0.15, -0.1) is 0 Å². The van der Waals surface area contributed by atoms with Crippen molar-refractivity contribution >= 4 is 33.7 Å². The first kappa shape index (κ1) is 15.6. The summed E-state index contributed by atoms with van der Waals surface area (Å²) in [4.78, 5) is 4.98. The third-order valence-electron chi connectivity index (χ3n) is 5.00. The van der Waals surface area contributed by atoms with Crippen molar-refractivity contribution in [2.75, 3.05) is 0 Å². The summed E-state index contributed by atoms with van der Waals surface area (Å²) in [5, 5.41) is 7.33. The zero-order valence-corrected chi connectivity index (χ0v) is 14.9. The van der Waals surface area contributed by atoms with Gasteiger partial charge in [-0.05, 0) is 59.2 Å². The summed E-state index contributed by atoms with van der Waals surface area (Å²) in [5.41, 5.74) is 3.59. The van der Waals surface area contributed by atoms with Crippen molar-refractivity contribution in [3.63, 3.8) is 0 Å². The number of rotatable bonds is 1. The van der Waals surface area contributed by atoms with Crippen molar-refractivity contribution < 1.29 is 0 Å². The van der Waals surface area contributed by atoms with Gasteiger partial charge < -0.3 is 0 Å². The average molecular weight is 323 g/mol. The van der Waals surface area contributed by atoms with E-state index in [1.165, 1.54) is 37.9 Å². The molecule has 1 aromatic heterocycles. The van der Waals surface area contributed by atoms with Crippen LogP contribution in [0.4, 0.5) is 0 Å². The number of pyridine rings is 1. The number of hydrogen-bond donors (Lipinski definition) is 0. The van der Waals surface area contributed by atoms with Gasteiger partial charge in [0.25, 0.3) is 0 Å². The van der Waals surface area contributed by atoms with Crippen molar-refractivity contribution in [3.05, 3.63) is 76.8 Å². The van der Waals surface area contributed by atoms with Crippen LogP contribution in [0, 0.1) is 6.92 Å². The lowest BCUT2D eigenvalue weighted by Gasteiger charge is -2.14. The Morgan fingerprint density at radius 2 is 1.24 bits per heavy atom. The summed E-state index contributed by atoms with van der Waals surface area (Å²) in [7, 11) is 0.